The highest BCUT2D eigenvalue weighted by Gasteiger charge is 2.47. The summed E-state index contributed by atoms with van der Waals surface area (Å²) in [5, 5.41) is 12.2. The Bertz CT molecular complexity index is 1550. The van der Waals surface area contributed by atoms with E-state index in [0.29, 0.717) is 31.0 Å². The van der Waals surface area contributed by atoms with Crippen molar-refractivity contribution in [3.8, 4) is 11.1 Å². The fourth-order valence-electron chi connectivity index (χ4n) is 6.55. The van der Waals surface area contributed by atoms with Gasteiger partial charge in [-0.25, -0.2) is 0 Å². The normalized spacial score (nSPS) is 23.6. The van der Waals surface area contributed by atoms with Crippen molar-refractivity contribution in [3.05, 3.63) is 95.1 Å². The molecule has 3 aromatic carbocycles. The zero-order chi connectivity index (χ0) is 33.7. The number of carbonyl (C=O) groups excluding carboxylic acids is 2. The third-order valence-electron chi connectivity index (χ3n) is 9.15. The average molecular weight is 668 g/mol. The highest BCUT2D eigenvalue weighted by molar-refractivity contribution is 5.90. The first kappa shape index (κ1) is 34.1. The Kier molecular flexibility index (Phi) is 10.8. The third kappa shape index (κ3) is 8.24. The van der Waals surface area contributed by atoms with Crippen LogP contribution in [0.15, 0.2) is 72.8 Å². The minimum Gasteiger partial charge on any atom is -0.392 e. The summed E-state index contributed by atoms with van der Waals surface area (Å²) in [5.41, 5.74) is 5.35. The van der Waals surface area contributed by atoms with Gasteiger partial charge in [-0.05, 0) is 46.7 Å². The molecule has 0 bridgehead atoms. The van der Waals surface area contributed by atoms with Gasteiger partial charge in [-0.2, -0.15) is 13.2 Å². The Morgan fingerprint density at radius 1 is 0.875 bits per heavy atom. The van der Waals surface area contributed by atoms with E-state index in [1.54, 1.807) is 0 Å². The Hall–Kier alpha value is -3.81. The maximum atomic E-state index is 13.0. The fraction of sp³-hybridized carbons (Fsp3) is 0.444. The molecular formula is C36H40F3N3O6. The molecule has 0 spiro atoms. The van der Waals surface area contributed by atoms with Crippen LogP contribution >= 0.6 is 0 Å². The Morgan fingerprint density at radius 2 is 1.60 bits per heavy atom. The summed E-state index contributed by atoms with van der Waals surface area (Å²) in [7, 11) is 0. The van der Waals surface area contributed by atoms with Gasteiger partial charge in [-0.1, -0.05) is 66.7 Å². The minimum atomic E-state index is -5.01. The van der Waals surface area contributed by atoms with Gasteiger partial charge in [0.2, 0.25) is 5.91 Å². The molecule has 2 N–H and O–H groups in total. The Balaban J connectivity index is 1.12. The average Bonchev–Trinajstić information content (AvgIpc) is 3.60. The molecule has 3 aliphatic rings. The largest absolute Gasteiger partial charge is 0.471 e. The summed E-state index contributed by atoms with van der Waals surface area (Å²) in [4.78, 5) is 27.5. The number of nitrogens with zero attached hydrogens (tertiary/aromatic N) is 2. The number of aliphatic hydroxyl groups excluding tert-OH is 1. The molecule has 6 rings (SSSR count). The standard InChI is InChI=1S/C36H40F3N3O6/c37-36(38,39)35(45)42-14-2-5-31(42)33(44)40-21-25-3-1-4-29(19-25)26-10-12-28(13-11-26)34-47-30(22-41-15-17-46-18-16-41)20-32(48-34)27-8-6-24(23-43)7-9-27/h1,3-4,6-13,19,30-32,34,43H,2,5,14-18,20-23H2,(H,40,44)/t30-,31-,32+,34+/m0/s1. The molecule has 4 atom stereocenters. The van der Waals surface area contributed by atoms with Gasteiger partial charge in [0.15, 0.2) is 6.29 Å². The van der Waals surface area contributed by atoms with E-state index in [2.05, 4.69) is 10.2 Å². The highest BCUT2D eigenvalue weighted by atomic mass is 19.4. The third-order valence-corrected chi connectivity index (χ3v) is 9.15. The maximum Gasteiger partial charge on any atom is 0.471 e. The van der Waals surface area contributed by atoms with Crippen LogP contribution in [-0.4, -0.2) is 84.4 Å². The van der Waals surface area contributed by atoms with Crippen molar-refractivity contribution in [2.45, 2.75) is 63.1 Å². The lowest BCUT2D eigenvalue weighted by Crippen LogP contribution is -2.50. The first-order valence-electron chi connectivity index (χ1n) is 16.3. The van der Waals surface area contributed by atoms with Gasteiger partial charge in [0.05, 0.1) is 32.0 Å². The minimum absolute atomic E-state index is 0.0200. The van der Waals surface area contributed by atoms with Gasteiger partial charge in [-0.3, -0.25) is 14.5 Å². The SMILES string of the molecule is O=C(NCc1cccc(-c2ccc([C@@H]3O[C@H](CN4CCOCC4)C[C@H](c4ccc(CO)cc4)O3)cc2)c1)[C@@H]1CCCN1C(=O)C(F)(F)F. The molecule has 0 aromatic heterocycles. The molecule has 2 amide bonds. The summed E-state index contributed by atoms with van der Waals surface area (Å²) < 4.78 is 57.5. The quantitative estimate of drug-likeness (QED) is 0.335. The topological polar surface area (TPSA) is 101 Å². The van der Waals surface area contributed by atoms with Crippen LogP contribution in [0, 0.1) is 0 Å². The summed E-state index contributed by atoms with van der Waals surface area (Å²) in [6, 6.07) is 22.1. The number of carbonyl (C=O) groups is 2. The van der Waals surface area contributed by atoms with E-state index >= 15 is 0 Å². The number of amides is 2. The van der Waals surface area contributed by atoms with Crippen molar-refractivity contribution in [2.24, 2.45) is 0 Å². The maximum absolute atomic E-state index is 13.0. The summed E-state index contributed by atoms with van der Waals surface area (Å²) in [5.74, 6) is -2.57. The second-order valence-corrected chi connectivity index (χ2v) is 12.5. The van der Waals surface area contributed by atoms with Crippen molar-refractivity contribution in [1.82, 2.24) is 15.1 Å². The zero-order valence-corrected chi connectivity index (χ0v) is 26.5. The molecule has 9 nitrogen and oxygen atoms in total. The lowest BCUT2D eigenvalue weighted by atomic mass is 9.99. The molecule has 3 heterocycles. The van der Waals surface area contributed by atoms with Crippen LogP contribution in [0.25, 0.3) is 11.1 Å². The van der Waals surface area contributed by atoms with Crippen LogP contribution in [0.4, 0.5) is 13.2 Å². The van der Waals surface area contributed by atoms with Gasteiger partial charge < -0.3 is 29.5 Å². The smallest absolute Gasteiger partial charge is 0.392 e. The molecule has 12 heteroatoms. The molecule has 3 aliphatic heterocycles. The van der Waals surface area contributed by atoms with Crippen molar-refractivity contribution >= 4 is 11.8 Å². The molecular weight excluding hydrogens is 627 g/mol. The Morgan fingerprint density at radius 3 is 2.31 bits per heavy atom. The predicted molar refractivity (Wildman–Crippen MR) is 170 cm³/mol. The number of aliphatic hydroxyl groups is 1. The molecule has 0 saturated carbocycles. The lowest BCUT2D eigenvalue weighted by Gasteiger charge is -2.39. The van der Waals surface area contributed by atoms with Crippen LogP contribution < -0.4 is 5.32 Å². The van der Waals surface area contributed by atoms with E-state index in [-0.39, 0.29) is 38.3 Å². The number of nitrogens with one attached hydrogen (secondary N) is 1. The second kappa shape index (κ2) is 15.2. The number of morpholine rings is 1. The van der Waals surface area contributed by atoms with Crippen LogP contribution in [0.1, 0.15) is 53.9 Å². The van der Waals surface area contributed by atoms with Gasteiger partial charge in [0.25, 0.3) is 0 Å². The number of ether oxygens (including phenoxy) is 3. The fourth-order valence-corrected chi connectivity index (χ4v) is 6.55. The van der Waals surface area contributed by atoms with E-state index in [4.69, 9.17) is 14.2 Å². The predicted octanol–water partition coefficient (Wildman–Crippen LogP) is 4.89. The van der Waals surface area contributed by atoms with Gasteiger partial charge >= 0.3 is 12.1 Å². The van der Waals surface area contributed by atoms with Crippen LogP contribution in [0.5, 0.6) is 0 Å². The van der Waals surface area contributed by atoms with E-state index in [1.165, 1.54) is 0 Å². The highest BCUT2D eigenvalue weighted by Crippen LogP contribution is 2.39. The van der Waals surface area contributed by atoms with Crippen molar-refractivity contribution in [1.29, 1.82) is 0 Å². The molecule has 0 unspecified atom stereocenters. The number of hydrogen-bond donors (Lipinski definition) is 2. The van der Waals surface area contributed by atoms with Gasteiger partial charge in [0.1, 0.15) is 6.04 Å². The molecule has 256 valence electrons. The zero-order valence-electron chi connectivity index (χ0n) is 26.5. The number of rotatable bonds is 9. The van der Waals surface area contributed by atoms with Gasteiger partial charge in [-0.15, -0.1) is 0 Å². The van der Waals surface area contributed by atoms with Crippen LogP contribution in [0.3, 0.4) is 0 Å². The van der Waals surface area contributed by atoms with Crippen molar-refractivity contribution < 1.29 is 42.1 Å². The molecule has 3 saturated heterocycles. The molecule has 0 radical (unpaired) electrons. The number of alkyl halides is 3. The van der Waals surface area contributed by atoms with E-state index in [0.717, 1.165) is 53.0 Å². The number of halogens is 3. The van der Waals surface area contributed by atoms with Crippen LogP contribution in [0.2, 0.25) is 0 Å². The van der Waals surface area contributed by atoms with E-state index in [1.807, 2.05) is 72.8 Å². The number of hydrogen-bond acceptors (Lipinski definition) is 7. The Labute approximate surface area is 277 Å². The monoisotopic (exact) mass is 667 g/mol. The van der Waals surface area contributed by atoms with E-state index < -0.39 is 30.3 Å². The molecule has 3 aromatic rings. The number of benzene rings is 3. The van der Waals surface area contributed by atoms with Crippen molar-refractivity contribution in [2.75, 3.05) is 39.4 Å². The van der Waals surface area contributed by atoms with Crippen LogP contribution in [-0.2, 0) is 37.0 Å². The first-order valence-corrected chi connectivity index (χ1v) is 16.3. The molecule has 3 fully saturated rings. The van der Waals surface area contributed by atoms with Gasteiger partial charge in [0, 0.05) is 44.7 Å². The number of likely N-dealkylation sites (tertiary alicyclic amines) is 1. The molecule has 48 heavy (non-hydrogen) atoms. The second-order valence-electron chi connectivity index (χ2n) is 12.5. The summed E-state index contributed by atoms with van der Waals surface area (Å²) >= 11 is 0. The lowest BCUT2D eigenvalue weighted by molar-refractivity contribution is -0.253. The summed E-state index contributed by atoms with van der Waals surface area (Å²) in [6.07, 6.45) is -4.60. The first-order chi connectivity index (χ1) is 23.2. The summed E-state index contributed by atoms with van der Waals surface area (Å²) in [6.45, 7) is 3.90. The van der Waals surface area contributed by atoms with Crippen molar-refractivity contribution in [3.63, 3.8) is 0 Å². The molecule has 0 aliphatic carbocycles. The van der Waals surface area contributed by atoms with E-state index in [9.17, 15) is 27.9 Å².